The summed E-state index contributed by atoms with van der Waals surface area (Å²) in [6.07, 6.45) is 6.82. The van der Waals surface area contributed by atoms with Crippen LogP contribution in [0.3, 0.4) is 0 Å². The lowest BCUT2D eigenvalue weighted by Gasteiger charge is -2.64. The number of hydrogen-bond donors (Lipinski definition) is 1. The van der Waals surface area contributed by atoms with Crippen molar-refractivity contribution < 1.29 is 9.18 Å². The van der Waals surface area contributed by atoms with Gasteiger partial charge in [-0.1, -0.05) is 25.2 Å². The third-order valence-corrected chi connectivity index (χ3v) is 7.63. The average molecular weight is 358 g/mol. The van der Waals surface area contributed by atoms with E-state index in [0.29, 0.717) is 27.4 Å². The van der Waals surface area contributed by atoms with Crippen LogP contribution >= 0.6 is 11.3 Å². The Kier molecular flexibility index (Phi) is 3.03. The zero-order chi connectivity index (χ0) is 17.4. The SMILES string of the molecule is CC12CC3CC(C)(C1)CC(C(=O)Nc1nc4cc(F)ccc4s1)(C3)C2. The van der Waals surface area contributed by atoms with E-state index in [4.69, 9.17) is 0 Å². The number of carbonyl (C=O) groups excluding carboxylic acids is 1. The quantitative estimate of drug-likeness (QED) is 0.784. The van der Waals surface area contributed by atoms with Crippen LogP contribution in [-0.2, 0) is 4.79 Å². The molecule has 1 amide bonds. The molecule has 0 radical (unpaired) electrons. The van der Waals surface area contributed by atoms with Crippen LogP contribution in [0, 0.1) is 28.0 Å². The molecule has 1 N–H and O–H groups in total. The summed E-state index contributed by atoms with van der Waals surface area (Å²) in [4.78, 5) is 17.7. The molecule has 2 aromatic rings. The molecule has 1 aromatic carbocycles. The van der Waals surface area contributed by atoms with Gasteiger partial charge in [0.15, 0.2) is 5.13 Å². The van der Waals surface area contributed by atoms with Crippen LogP contribution in [0.15, 0.2) is 18.2 Å². The second-order valence-corrected chi connectivity index (χ2v) is 10.5. The summed E-state index contributed by atoms with van der Waals surface area (Å²) < 4.78 is 14.3. The molecule has 2 unspecified atom stereocenters. The van der Waals surface area contributed by atoms with Gasteiger partial charge in [0.05, 0.1) is 15.6 Å². The van der Waals surface area contributed by atoms with Gasteiger partial charge >= 0.3 is 0 Å². The van der Waals surface area contributed by atoms with E-state index in [0.717, 1.165) is 24.0 Å². The van der Waals surface area contributed by atoms with Crippen molar-refractivity contribution >= 4 is 32.6 Å². The fraction of sp³-hybridized carbons (Fsp3) is 0.600. The van der Waals surface area contributed by atoms with E-state index in [1.807, 2.05) is 0 Å². The van der Waals surface area contributed by atoms with Crippen molar-refractivity contribution in [3.63, 3.8) is 0 Å². The first-order chi connectivity index (χ1) is 11.8. The summed E-state index contributed by atoms with van der Waals surface area (Å²) in [7, 11) is 0. The molecule has 3 nitrogen and oxygen atoms in total. The number of amides is 1. The Bertz CT molecular complexity index is 873. The van der Waals surface area contributed by atoms with Crippen molar-refractivity contribution in [3.05, 3.63) is 24.0 Å². The van der Waals surface area contributed by atoms with Crippen molar-refractivity contribution in [2.45, 2.75) is 52.4 Å². The van der Waals surface area contributed by atoms with Gasteiger partial charge in [-0.2, -0.15) is 0 Å². The second-order valence-electron chi connectivity index (χ2n) is 9.50. The molecule has 4 saturated carbocycles. The van der Waals surface area contributed by atoms with Gasteiger partial charge in [-0.05, 0) is 67.4 Å². The van der Waals surface area contributed by atoms with Crippen LogP contribution < -0.4 is 5.32 Å². The number of rotatable bonds is 2. The van der Waals surface area contributed by atoms with Gasteiger partial charge in [0.2, 0.25) is 5.91 Å². The van der Waals surface area contributed by atoms with Crippen molar-refractivity contribution in [1.29, 1.82) is 0 Å². The first-order valence-corrected chi connectivity index (χ1v) is 9.96. The van der Waals surface area contributed by atoms with E-state index in [9.17, 15) is 9.18 Å². The Balaban J connectivity index is 1.45. The predicted molar refractivity (Wildman–Crippen MR) is 98.0 cm³/mol. The molecule has 1 aromatic heterocycles. The van der Waals surface area contributed by atoms with Crippen LogP contribution in [0.5, 0.6) is 0 Å². The van der Waals surface area contributed by atoms with E-state index < -0.39 is 0 Å². The molecule has 4 fully saturated rings. The highest BCUT2D eigenvalue weighted by atomic mass is 32.1. The molecular weight excluding hydrogens is 335 g/mol. The molecular formula is C20H23FN2OS. The van der Waals surface area contributed by atoms with Crippen LogP contribution in [-0.4, -0.2) is 10.9 Å². The third-order valence-electron chi connectivity index (χ3n) is 6.68. The van der Waals surface area contributed by atoms with E-state index in [1.54, 1.807) is 6.07 Å². The summed E-state index contributed by atoms with van der Waals surface area (Å²) in [5.41, 5.74) is 0.987. The number of anilines is 1. The molecule has 0 spiro atoms. The monoisotopic (exact) mass is 358 g/mol. The number of halogens is 1. The van der Waals surface area contributed by atoms with Gasteiger partial charge in [-0.15, -0.1) is 0 Å². The molecule has 0 aliphatic heterocycles. The minimum Gasteiger partial charge on any atom is -0.301 e. The first-order valence-electron chi connectivity index (χ1n) is 9.14. The lowest BCUT2D eigenvalue weighted by molar-refractivity contribution is -0.165. The minimum atomic E-state index is -0.294. The number of carbonyl (C=O) groups is 1. The van der Waals surface area contributed by atoms with E-state index in [1.165, 1.54) is 42.7 Å². The molecule has 25 heavy (non-hydrogen) atoms. The standard InChI is InChI=1S/C20H23FN2OS/c1-18-6-12-7-19(2,9-18)11-20(8-12,10-18)16(24)23-17-22-14-5-13(21)3-4-15(14)25-17/h3-5,12H,6-11H2,1-2H3,(H,22,23,24). The van der Waals surface area contributed by atoms with E-state index in [-0.39, 0.29) is 17.1 Å². The van der Waals surface area contributed by atoms with Gasteiger partial charge in [-0.25, -0.2) is 9.37 Å². The number of thiazole rings is 1. The molecule has 0 saturated heterocycles. The molecule has 4 bridgehead atoms. The lowest BCUT2D eigenvalue weighted by atomic mass is 9.40. The summed E-state index contributed by atoms with van der Waals surface area (Å²) in [5, 5.41) is 3.68. The Morgan fingerprint density at radius 1 is 1.20 bits per heavy atom. The normalized spacial score (nSPS) is 39.1. The Morgan fingerprint density at radius 2 is 1.92 bits per heavy atom. The number of fused-ring (bicyclic) bond motifs is 1. The van der Waals surface area contributed by atoms with E-state index >= 15 is 0 Å². The largest absolute Gasteiger partial charge is 0.301 e. The number of benzene rings is 1. The fourth-order valence-corrected chi connectivity index (χ4v) is 7.73. The maximum absolute atomic E-state index is 13.4. The molecule has 1 heterocycles. The van der Waals surface area contributed by atoms with Crippen molar-refractivity contribution in [2.24, 2.45) is 22.2 Å². The third kappa shape index (κ3) is 2.42. The molecule has 5 heteroatoms. The fourth-order valence-electron chi connectivity index (χ4n) is 6.88. The van der Waals surface area contributed by atoms with Crippen LogP contribution in [0.2, 0.25) is 0 Å². The van der Waals surface area contributed by atoms with Crippen LogP contribution in [0.1, 0.15) is 52.4 Å². The number of nitrogens with zero attached hydrogens (tertiary/aromatic N) is 1. The topological polar surface area (TPSA) is 42.0 Å². The zero-order valence-corrected chi connectivity index (χ0v) is 15.5. The van der Waals surface area contributed by atoms with Crippen LogP contribution in [0.25, 0.3) is 10.2 Å². The molecule has 4 aliphatic carbocycles. The predicted octanol–water partition coefficient (Wildman–Crippen LogP) is 5.37. The summed E-state index contributed by atoms with van der Waals surface area (Å²) in [6.45, 7) is 4.75. The minimum absolute atomic E-state index is 0.133. The zero-order valence-electron chi connectivity index (χ0n) is 14.7. The molecule has 2 atom stereocenters. The van der Waals surface area contributed by atoms with Gasteiger partial charge in [-0.3, -0.25) is 4.79 Å². The number of hydrogen-bond acceptors (Lipinski definition) is 3. The van der Waals surface area contributed by atoms with E-state index in [2.05, 4.69) is 24.1 Å². The highest BCUT2D eigenvalue weighted by Crippen LogP contribution is 2.69. The summed E-state index contributed by atoms with van der Waals surface area (Å²) in [6, 6.07) is 4.59. The van der Waals surface area contributed by atoms with Gasteiger partial charge in [0, 0.05) is 6.07 Å². The highest BCUT2D eigenvalue weighted by Gasteiger charge is 2.62. The second kappa shape index (κ2) is 4.81. The smallest absolute Gasteiger partial charge is 0.232 e. The lowest BCUT2D eigenvalue weighted by Crippen LogP contribution is -2.58. The highest BCUT2D eigenvalue weighted by molar-refractivity contribution is 7.22. The summed E-state index contributed by atoms with van der Waals surface area (Å²) >= 11 is 1.43. The Morgan fingerprint density at radius 3 is 2.60 bits per heavy atom. The summed E-state index contributed by atoms with van der Waals surface area (Å²) in [5.74, 6) is 0.521. The molecule has 6 rings (SSSR count). The van der Waals surface area contributed by atoms with Crippen molar-refractivity contribution in [3.8, 4) is 0 Å². The maximum Gasteiger partial charge on any atom is 0.232 e. The Labute approximate surface area is 151 Å². The maximum atomic E-state index is 13.4. The van der Waals surface area contributed by atoms with Crippen LogP contribution in [0.4, 0.5) is 9.52 Å². The van der Waals surface area contributed by atoms with Crippen molar-refractivity contribution in [2.75, 3.05) is 5.32 Å². The average Bonchev–Trinajstić information content (AvgIpc) is 2.84. The van der Waals surface area contributed by atoms with Gasteiger partial charge in [0.25, 0.3) is 0 Å². The van der Waals surface area contributed by atoms with Crippen molar-refractivity contribution in [1.82, 2.24) is 4.98 Å². The number of aromatic nitrogens is 1. The first kappa shape index (κ1) is 15.7. The Hall–Kier alpha value is -1.49. The molecule has 4 aliphatic rings. The van der Waals surface area contributed by atoms with Gasteiger partial charge in [0.1, 0.15) is 5.82 Å². The number of nitrogens with one attached hydrogen (secondary N) is 1. The molecule has 132 valence electrons. The van der Waals surface area contributed by atoms with Gasteiger partial charge < -0.3 is 5.32 Å².